The van der Waals surface area contributed by atoms with Crippen LogP contribution in [0.1, 0.15) is 13.8 Å². The highest BCUT2D eigenvalue weighted by molar-refractivity contribution is 7.95. The van der Waals surface area contributed by atoms with E-state index < -0.39 is 36.4 Å². The van der Waals surface area contributed by atoms with Crippen molar-refractivity contribution < 1.29 is 16.8 Å². The molecule has 1 aromatic heterocycles. The van der Waals surface area contributed by atoms with Crippen LogP contribution in [0.15, 0.2) is 23.4 Å². The van der Waals surface area contributed by atoms with Crippen molar-refractivity contribution >= 4 is 25.4 Å². The van der Waals surface area contributed by atoms with Crippen molar-refractivity contribution in [3.63, 3.8) is 0 Å². The van der Waals surface area contributed by atoms with Gasteiger partial charge in [0.2, 0.25) is 0 Å². The first-order chi connectivity index (χ1) is 8.17. The molecule has 0 saturated heterocycles. The summed E-state index contributed by atoms with van der Waals surface area (Å²) >= 11 is 0. The van der Waals surface area contributed by atoms with E-state index in [2.05, 4.69) is 4.98 Å². The summed E-state index contributed by atoms with van der Waals surface area (Å²) in [6, 6.07) is 1.27. The van der Waals surface area contributed by atoms with Gasteiger partial charge >= 0.3 is 0 Å². The monoisotopic (exact) mass is 292 g/mol. The smallest absolute Gasteiger partial charge is 0.181 e. The number of aromatic nitrogens is 1. The van der Waals surface area contributed by atoms with Crippen molar-refractivity contribution in [2.24, 2.45) is 0 Å². The van der Waals surface area contributed by atoms with E-state index in [0.29, 0.717) is 0 Å². The van der Waals surface area contributed by atoms with Gasteiger partial charge in [-0.05, 0) is 19.9 Å². The summed E-state index contributed by atoms with van der Waals surface area (Å²) in [6.45, 7) is 3.03. The van der Waals surface area contributed by atoms with Gasteiger partial charge in [0.15, 0.2) is 19.7 Å². The molecule has 1 heterocycles. The lowest BCUT2D eigenvalue weighted by molar-refractivity contribution is 0.582. The highest BCUT2D eigenvalue weighted by atomic mass is 32.2. The molecule has 102 valence electrons. The number of nitrogen functional groups attached to an aromatic ring is 1. The van der Waals surface area contributed by atoms with E-state index in [0.717, 1.165) is 0 Å². The number of hydrogen-bond donors (Lipinski definition) is 1. The largest absolute Gasteiger partial charge is 0.396 e. The van der Waals surface area contributed by atoms with Crippen LogP contribution in [0.3, 0.4) is 0 Å². The van der Waals surface area contributed by atoms with Crippen molar-refractivity contribution in [2.75, 3.05) is 17.2 Å². The first-order valence-corrected chi connectivity index (χ1v) is 8.67. The van der Waals surface area contributed by atoms with Crippen LogP contribution in [-0.2, 0) is 19.7 Å². The van der Waals surface area contributed by atoms with Crippen LogP contribution in [-0.4, -0.2) is 38.6 Å². The Morgan fingerprint density at radius 2 is 1.83 bits per heavy atom. The van der Waals surface area contributed by atoms with E-state index in [1.54, 1.807) is 0 Å². The number of anilines is 1. The van der Waals surface area contributed by atoms with E-state index in [1.807, 2.05) is 0 Å². The topological polar surface area (TPSA) is 107 Å². The molecule has 0 saturated carbocycles. The molecule has 0 atom stereocenters. The maximum atomic E-state index is 12.0. The van der Waals surface area contributed by atoms with Gasteiger partial charge in [-0.25, -0.2) is 16.8 Å². The van der Waals surface area contributed by atoms with Crippen molar-refractivity contribution in [3.05, 3.63) is 18.5 Å². The van der Waals surface area contributed by atoms with Gasteiger partial charge in [0.25, 0.3) is 0 Å². The Kier molecular flexibility index (Phi) is 4.33. The molecule has 0 aliphatic heterocycles. The molecule has 1 aromatic rings. The number of hydrogen-bond acceptors (Lipinski definition) is 6. The van der Waals surface area contributed by atoms with E-state index >= 15 is 0 Å². The number of nitrogens with zero attached hydrogens (tertiary/aromatic N) is 1. The summed E-state index contributed by atoms with van der Waals surface area (Å²) in [5.41, 5.74) is 5.54. The number of nitrogens with two attached hydrogens (primary N) is 1. The Bertz CT molecular complexity index is 621. The minimum Gasteiger partial charge on any atom is -0.396 e. The van der Waals surface area contributed by atoms with Gasteiger partial charge in [-0.1, -0.05) is 0 Å². The fourth-order valence-corrected chi connectivity index (χ4v) is 4.43. The van der Waals surface area contributed by atoms with Crippen molar-refractivity contribution in [2.45, 2.75) is 24.0 Å². The quantitative estimate of drug-likeness (QED) is 0.834. The third-order valence-electron chi connectivity index (χ3n) is 2.50. The second-order valence-electron chi connectivity index (χ2n) is 4.15. The van der Waals surface area contributed by atoms with E-state index in [4.69, 9.17) is 5.73 Å². The summed E-state index contributed by atoms with van der Waals surface area (Å²) in [4.78, 5) is 3.62. The zero-order valence-electron chi connectivity index (χ0n) is 10.2. The summed E-state index contributed by atoms with van der Waals surface area (Å²) in [6.07, 6.45) is 2.53. The molecular weight excluding hydrogens is 276 g/mol. The average molecular weight is 292 g/mol. The fourth-order valence-electron chi connectivity index (χ4n) is 1.25. The van der Waals surface area contributed by atoms with E-state index in [-0.39, 0.29) is 10.6 Å². The van der Waals surface area contributed by atoms with Gasteiger partial charge in [0.1, 0.15) is 0 Å². The van der Waals surface area contributed by atoms with Crippen LogP contribution < -0.4 is 5.73 Å². The molecule has 0 aliphatic carbocycles. The van der Waals surface area contributed by atoms with Crippen molar-refractivity contribution in [1.82, 2.24) is 4.98 Å². The molecule has 0 aliphatic rings. The Morgan fingerprint density at radius 1 is 1.22 bits per heavy atom. The zero-order valence-corrected chi connectivity index (χ0v) is 11.8. The minimum absolute atomic E-state index is 0.0273. The zero-order chi connectivity index (χ0) is 14.0. The van der Waals surface area contributed by atoms with Crippen LogP contribution in [0.2, 0.25) is 0 Å². The highest BCUT2D eigenvalue weighted by Crippen LogP contribution is 2.18. The summed E-state index contributed by atoms with van der Waals surface area (Å²) in [5, 5.41) is -0.595. The molecule has 0 fully saturated rings. The lowest BCUT2D eigenvalue weighted by Crippen LogP contribution is -2.24. The molecular formula is C10H16N2O4S2. The first-order valence-electron chi connectivity index (χ1n) is 5.30. The Morgan fingerprint density at radius 3 is 2.33 bits per heavy atom. The van der Waals surface area contributed by atoms with Gasteiger partial charge in [-0.15, -0.1) is 0 Å². The number of sulfone groups is 2. The van der Waals surface area contributed by atoms with Crippen molar-refractivity contribution in [1.29, 1.82) is 0 Å². The summed E-state index contributed by atoms with van der Waals surface area (Å²) in [5.74, 6) is -0.878. The summed E-state index contributed by atoms with van der Waals surface area (Å²) in [7, 11) is -7.09. The van der Waals surface area contributed by atoms with Crippen molar-refractivity contribution in [3.8, 4) is 0 Å². The fraction of sp³-hybridized carbons (Fsp3) is 0.500. The molecule has 0 amide bonds. The lowest BCUT2D eigenvalue weighted by Gasteiger charge is -2.09. The van der Waals surface area contributed by atoms with E-state index in [1.165, 1.54) is 32.3 Å². The maximum Gasteiger partial charge on any atom is 0.181 e. The molecule has 0 spiro atoms. The third-order valence-corrected chi connectivity index (χ3v) is 6.75. The van der Waals surface area contributed by atoms with Crippen LogP contribution in [0, 0.1) is 0 Å². The molecule has 0 bridgehead atoms. The van der Waals surface area contributed by atoms with Crippen LogP contribution in [0.4, 0.5) is 5.69 Å². The minimum atomic E-state index is -3.70. The van der Waals surface area contributed by atoms with Crippen LogP contribution in [0.5, 0.6) is 0 Å². The Hall–Kier alpha value is -1.15. The molecule has 8 heteroatoms. The first kappa shape index (κ1) is 14.9. The maximum absolute atomic E-state index is 12.0. The van der Waals surface area contributed by atoms with Crippen LogP contribution >= 0.6 is 0 Å². The predicted octanol–water partition coefficient (Wildman–Crippen LogP) is 0.261. The molecule has 1 rings (SSSR count). The van der Waals surface area contributed by atoms with E-state index in [9.17, 15) is 16.8 Å². The average Bonchev–Trinajstić information content (AvgIpc) is 2.27. The van der Waals surface area contributed by atoms with Gasteiger partial charge in [-0.3, -0.25) is 4.98 Å². The Balaban J connectivity index is 2.95. The lowest BCUT2D eigenvalue weighted by atomic mass is 10.4. The number of rotatable bonds is 5. The SMILES string of the molecule is CC(C)S(=O)(=O)CCS(=O)(=O)c1ccncc1N. The van der Waals surface area contributed by atoms with Gasteiger partial charge < -0.3 is 5.73 Å². The molecule has 0 radical (unpaired) electrons. The second kappa shape index (κ2) is 5.23. The highest BCUT2D eigenvalue weighted by Gasteiger charge is 2.23. The standard InChI is InChI=1S/C10H16N2O4S2/c1-8(2)17(13,14)5-6-18(15,16)10-3-4-12-7-9(10)11/h3-4,7-8H,5-6,11H2,1-2H3. The van der Waals surface area contributed by atoms with Gasteiger partial charge in [0, 0.05) is 6.20 Å². The normalized spacial score (nSPS) is 12.8. The molecule has 0 aromatic carbocycles. The van der Waals surface area contributed by atoms with Gasteiger partial charge in [-0.2, -0.15) is 0 Å². The molecule has 2 N–H and O–H groups in total. The Labute approximate surface area is 107 Å². The second-order valence-corrected chi connectivity index (χ2v) is 8.90. The van der Waals surface area contributed by atoms with Crippen LogP contribution in [0.25, 0.3) is 0 Å². The third kappa shape index (κ3) is 3.42. The number of pyridine rings is 1. The predicted molar refractivity (Wildman–Crippen MR) is 69.6 cm³/mol. The summed E-state index contributed by atoms with van der Waals surface area (Å²) < 4.78 is 47.1. The molecule has 18 heavy (non-hydrogen) atoms. The van der Waals surface area contributed by atoms with Gasteiger partial charge in [0.05, 0.1) is 33.5 Å². The molecule has 6 nitrogen and oxygen atoms in total. The molecule has 0 unspecified atom stereocenters.